The molecule has 0 atom stereocenters. The summed E-state index contributed by atoms with van der Waals surface area (Å²) in [5.41, 5.74) is 1.54. The summed E-state index contributed by atoms with van der Waals surface area (Å²) in [7, 11) is 0. The number of carbonyl (C=O) groups is 2. The van der Waals surface area contributed by atoms with Crippen LogP contribution in [0.25, 0.3) is 0 Å². The molecule has 0 unspecified atom stereocenters. The van der Waals surface area contributed by atoms with Crippen molar-refractivity contribution in [1.29, 1.82) is 0 Å². The number of carbonyl (C=O) groups excluding carboxylic acids is 2. The zero-order valence-electron chi connectivity index (χ0n) is 16.1. The minimum Gasteiger partial charge on any atom is -0.494 e. The van der Waals surface area contributed by atoms with E-state index in [0.717, 1.165) is 5.75 Å². The molecule has 10 nitrogen and oxygen atoms in total. The Labute approximate surface area is 171 Å². The molecular weight excluding hydrogens is 390 g/mol. The highest BCUT2D eigenvalue weighted by Crippen LogP contribution is 2.17. The van der Waals surface area contributed by atoms with Crippen molar-refractivity contribution in [3.8, 4) is 5.75 Å². The SMILES string of the molecule is CCOc1ccc(NC(=O)c2ccc(NC(=O)Cn3ccc([N+](=O)[O-])n3)cc2)cc1. The smallest absolute Gasteiger partial charge is 0.389 e. The Balaban J connectivity index is 1.55. The highest BCUT2D eigenvalue weighted by molar-refractivity contribution is 6.04. The zero-order valence-corrected chi connectivity index (χ0v) is 16.1. The molecule has 0 aliphatic rings. The maximum atomic E-state index is 12.4. The van der Waals surface area contributed by atoms with Crippen molar-refractivity contribution >= 4 is 29.0 Å². The average Bonchev–Trinajstić information content (AvgIpc) is 3.19. The molecule has 0 spiro atoms. The predicted octanol–water partition coefficient (Wildman–Crippen LogP) is 3.08. The number of nitro groups is 1. The molecule has 0 bridgehead atoms. The number of rotatable bonds is 8. The molecule has 10 heteroatoms. The Bertz CT molecular complexity index is 1040. The van der Waals surface area contributed by atoms with Crippen LogP contribution in [0.4, 0.5) is 17.2 Å². The quantitative estimate of drug-likeness (QED) is 0.435. The summed E-state index contributed by atoms with van der Waals surface area (Å²) in [6.45, 7) is 2.29. The maximum absolute atomic E-state index is 12.4. The second-order valence-electron chi connectivity index (χ2n) is 6.17. The number of nitrogens with one attached hydrogen (secondary N) is 2. The van der Waals surface area contributed by atoms with E-state index in [4.69, 9.17) is 4.74 Å². The third-order valence-corrected chi connectivity index (χ3v) is 3.97. The number of hydrogen-bond acceptors (Lipinski definition) is 6. The summed E-state index contributed by atoms with van der Waals surface area (Å²) in [4.78, 5) is 34.4. The van der Waals surface area contributed by atoms with E-state index in [0.29, 0.717) is 23.5 Å². The highest BCUT2D eigenvalue weighted by Gasteiger charge is 2.14. The van der Waals surface area contributed by atoms with E-state index in [1.165, 1.54) is 16.9 Å². The third-order valence-electron chi connectivity index (χ3n) is 3.97. The number of hydrogen-bond donors (Lipinski definition) is 2. The Kier molecular flexibility index (Phi) is 6.38. The number of ether oxygens (including phenoxy) is 1. The molecule has 2 amide bonds. The van der Waals surface area contributed by atoms with Gasteiger partial charge in [-0.15, -0.1) is 0 Å². The van der Waals surface area contributed by atoms with Crippen molar-refractivity contribution in [2.75, 3.05) is 17.2 Å². The molecule has 0 saturated heterocycles. The minimum atomic E-state index is -0.633. The molecule has 0 saturated carbocycles. The molecular formula is C20H19N5O5. The summed E-state index contributed by atoms with van der Waals surface area (Å²) < 4.78 is 6.53. The fraction of sp³-hybridized carbons (Fsp3) is 0.150. The first-order valence-corrected chi connectivity index (χ1v) is 9.06. The van der Waals surface area contributed by atoms with Gasteiger partial charge >= 0.3 is 5.82 Å². The van der Waals surface area contributed by atoms with Gasteiger partial charge in [0.25, 0.3) is 5.91 Å². The van der Waals surface area contributed by atoms with Gasteiger partial charge in [0.05, 0.1) is 24.0 Å². The van der Waals surface area contributed by atoms with Gasteiger partial charge in [0.2, 0.25) is 5.91 Å². The lowest BCUT2D eigenvalue weighted by atomic mass is 10.2. The van der Waals surface area contributed by atoms with Gasteiger partial charge in [-0.2, -0.15) is 4.68 Å². The van der Waals surface area contributed by atoms with Crippen LogP contribution in [0.15, 0.2) is 60.8 Å². The molecule has 0 aliphatic heterocycles. The number of anilines is 2. The largest absolute Gasteiger partial charge is 0.494 e. The zero-order chi connectivity index (χ0) is 21.5. The van der Waals surface area contributed by atoms with Crippen LogP contribution in [0.2, 0.25) is 0 Å². The van der Waals surface area contributed by atoms with Crippen molar-refractivity contribution in [3.05, 3.63) is 76.5 Å². The van der Waals surface area contributed by atoms with E-state index in [-0.39, 0.29) is 18.3 Å². The first-order chi connectivity index (χ1) is 14.4. The number of aromatic nitrogens is 2. The molecule has 0 radical (unpaired) electrons. The van der Waals surface area contributed by atoms with Gasteiger partial charge in [0.1, 0.15) is 12.3 Å². The van der Waals surface area contributed by atoms with Gasteiger partial charge in [0, 0.05) is 16.9 Å². The van der Waals surface area contributed by atoms with Crippen molar-refractivity contribution in [2.24, 2.45) is 0 Å². The summed E-state index contributed by atoms with van der Waals surface area (Å²) >= 11 is 0. The first-order valence-electron chi connectivity index (χ1n) is 9.06. The van der Waals surface area contributed by atoms with Crippen molar-refractivity contribution in [3.63, 3.8) is 0 Å². The van der Waals surface area contributed by atoms with Gasteiger partial charge in [-0.05, 0) is 60.4 Å². The Morgan fingerprint density at radius 3 is 2.27 bits per heavy atom. The summed E-state index contributed by atoms with van der Waals surface area (Å²) in [5.74, 6) is -0.300. The lowest BCUT2D eigenvalue weighted by Gasteiger charge is -2.08. The van der Waals surface area contributed by atoms with Crippen LogP contribution in [0.5, 0.6) is 5.75 Å². The Morgan fingerprint density at radius 1 is 1.03 bits per heavy atom. The molecule has 2 aromatic carbocycles. The Hall–Kier alpha value is -4.21. The topological polar surface area (TPSA) is 128 Å². The number of benzene rings is 2. The van der Waals surface area contributed by atoms with E-state index in [1.54, 1.807) is 48.5 Å². The Morgan fingerprint density at radius 2 is 1.67 bits per heavy atom. The molecule has 0 fully saturated rings. The second-order valence-corrected chi connectivity index (χ2v) is 6.17. The van der Waals surface area contributed by atoms with E-state index in [2.05, 4.69) is 15.7 Å². The van der Waals surface area contributed by atoms with Crippen LogP contribution in [-0.2, 0) is 11.3 Å². The number of nitrogens with zero attached hydrogens (tertiary/aromatic N) is 3. The molecule has 3 rings (SSSR count). The molecule has 1 aromatic heterocycles. The van der Waals surface area contributed by atoms with Gasteiger partial charge in [-0.1, -0.05) is 0 Å². The summed E-state index contributed by atoms with van der Waals surface area (Å²) in [5, 5.41) is 19.7. The van der Waals surface area contributed by atoms with E-state index < -0.39 is 10.8 Å². The van der Waals surface area contributed by atoms with Crippen molar-refractivity contribution < 1.29 is 19.2 Å². The predicted molar refractivity (Wildman–Crippen MR) is 110 cm³/mol. The first kappa shape index (κ1) is 20.5. The highest BCUT2D eigenvalue weighted by atomic mass is 16.6. The van der Waals surface area contributed by atoms with Crippen molar-refractivity contribution in [1.82, 2.24) is 9.78 Å². The van der Waals surface area contributed by atoms with Crippen LogP contribution >= 0.6 is 0 Å². The molecule has 2 N–H and O–H groups in total. The normalized spacial score (nSPS) is 10.3. The molecule has 154 valence electrons. The second kappa shape index (κ2) is 9.32. The minimum absolute atomic E-state index is 0.173. The lowest BCUT2D eigenvalue weighted by Crippen LogP contribution is -2.19. The molecule has 3 aromatic rings. The molecule has 1 heterocycles. The third kappa shape index (κ3) is 5.41. The summed E-state index contributed by atoms with van der Waals surface area (Å²) in [6, 6.07) is 14.6. The van der Waals surface area contributed by atoms with Crippen molar-refractivity contribution in [2.45, 2.75) is 13.5 Å². The average molecular weight is 409 g/mol. The van der Waals surface area contributed by atoms with Crippen LogP contribution in [-0.4, -0.2) is 33.1 Å². The fourth-order valence-electron chi connectivity index (χ4n) is 2.59. The van der Waals surface area contributed by atoms with Gasteiger partial charge < -0.3 is 25.5 Å². The lowest BCUT2D eigenvalue weighted by molar-refractivity contribution is -0.389. The van der Waals surface area contributed by atoms with Gasteiger partial charge in [0.15, 0.2) is 0 Å². The molecule has 30 heavy (non-hydrogen) atoms. The standard InChI is InChI=1S/C20H19N5O5/c1-2-30-17-9-7-16(8-10-17)22-20(27)14-3-5-15(6-4-14)21-19(26)13-24-12-11-18(23-24)25(28)29/h3-12H,2,13H2,1H3,(H,21,26)(H,22,27). The van der Waals surface area contributed by atoms with E-state index >= 15 is 0 Å². The molecule has 0 aliphatic carbocycles. The van der Waals surface area contributed by atoms with E-state index in [1.807, 2.05) is 6.92 Å². The van der Waals surface area contributed by atoms with Gasteiger partial charge in [-0.3, -0.25) is 9.59 Å². The number of amides is 2. The van der Waals surface area contributed by atoms with Crippen LogP contribution in [0.3, 0.4) is 0 Å². The summed E-state index contributed by atoms with van der Waals surface area (Å²) in [6.07, 6.45) is 1.35. The fourth-order valence-corrected chi connectivity index (χ4v) is 2.59. The monoisotopic (exact) mass is 409 g/mol. The van der Waals surface area contributed by atoms with Crippen LogP contribution < -0.4 is 15.4 Å². The van der Waals surface area contributed by atoms with Gasteiger partial charge in [-0.25, -0.2) is 0 Å². The van der Waals surface area contributed by atoms with Crippen LogP contribution in [0.1, 0.15) is 17.3 Å². The maximum Gasteiger partial charge on any atom is 0.389 e. The van der Waals surface area contributed by atoms with Crippen LogP contribution in [0, 0.1) is 10.1 Å². The van der Waals surface area contributed by atoms with E-state index in [9.17, 15) is 19.7 Å².